The van der Waals surface area contributed by atoms with Crippen molar-refractivity contribution in [2.24, 2.45) is 0 Å². The molecule has 0 unspecified atom stereocenters. The van der Waals surface area contributed by atoms with Crippen molar-refractivity contribution in [3.63, 3.8) is 0 Å². The highest BCUT2D eigenvalue weighted by Crippen LogP contribution is 2.19. The molecule has 96 valence electrons. The molecule has 0 aliphatic rings. The van der Waals surface area contributed by atoms with Gasteiger partial charge in [-0.1, -0.05) is 25.1 Å². The lowest BCUT2D eigenvalue weighted by atomic mass is 10.2. The van der Waals surface area contributed by atoms with Crippen LogP contribution >= 0.6 is 0 Å². The van der Waals surface area contributed by atoms with Gasteiger partial charge in [-0.05, 0) is 24.2 Å². The Kier molecular flexibility index (Phi) is 3.25. The number of hydrogen-bond acceptors (Lipinski definition) is 3. The lowest BCUT2D eigenvalue weighted by Gasteiger charge is -2.10. The van der Waals surface area contributed by atoms with E-state index >= 15 is 0 Å². The molecule has 0 radical (unpaired) electrons. The zero-order chi connectivity index (χ0) is 13.1. The number of pyridine rings is 1. The Balaban J connectivity index is 2.11. The highest BCUT2D eigenvalue weighted by molar-refractivity contribution is 5.80. The smallest absolute Gasteiger partial charge is 0.0880 e. The molecule has 19 heavy (non-hydrogen) atoms. The van der Waals surface area contributed by atoms with E-state index in [1.54, 1.807) is 0 Å². The summed E-state index contributed by atoms with van der Waals surface area (Å²) in [6.07, 6.45) is 5.58. The van der Waals surface area contributed by atoms with Crippen LogP contribution in [0.15, 0.2) is 48.9 Å². The summed E-state index contributed by atoms with van der Waals surface area (Å²) in [5.41, 5.74) is 3.34. The summed E-state index contributed by atoms with van der Waals surface area (Å²) < 4.78 is 1.95. The molecular formula is C15H16N4. The molecule has 0 fully saturated rings. The minimum absolute atomic E-state index is 0.822. The van der Waals surface area contributed by atoms with Crippen molar-refractivity contribution in [1.82, 2.24) is 20.1 Å². The van der Waals surface area contributed by atoms with E-state index < -0.39 is 0 Å². The second-order valence-corrected chi connectivity index (χ2v) is 4.40. The number of hydrogen-bond donors (Lipinski definition) is 1. The van der Waals surface area contributed by atoms with E-state index in [0.29, 0.717) is 0 Å². The third kappa shape index (κ3) is 2.22. The Hall–Kier alpha value is -2.20. The van der Waals surface area contributed by atoms with E-state index in [-0.39, 0.29) is 0 Å². The number of benzene rings is 1. The third-order valence-corrected chi connectivity index (χ3v) is 3.16. The molecule has 0 bridgehead atoms. The van der Waals surface area contributed by atoms with Crippen LogP contribution in [-0.2, 0) is 6.54 Å². The van der Waals surface area contributed by atoms with Gasteiger partial charge in [0.15, 0.2) is 0 Å². The van der Waals surface area contributed by atoms with E-state index in [4.69, 9.17) is 0 Å². The van der Waals surface area contributed by atoms with Gasteiger partial charge >= 0.3 is 0 Å². The molecule has 1 N–H and O–H groups in total. The van der Waals surface area contributed by atoms with Crippen LogP contribution in [0, 0.1) is 0 Å². The highest BCUT2D eigenvalue weighted by Gasteiger charge is 2.08. The Labute approximate surface area is 112 Å². The van der Waals surface area contributed by atoms with Crippen LogP contribution in [0.25, 0.3) is 16.6 Å². The van der Waals surface area contributed by atoms with Gasteiger partial charge in [0.05, 0.1) is 23.6 Å². The van der Waals surface area contributed by atoms with Gasteiger partial charge in [0, 0.05) is 18.1 Å². The van der Waals surface area contributed by atoms with E-state index in [1.165, 1.54) is 5.56 Å². The molecule has 4 nitrogen and oxygen atoms in total. The first-order valence-electron chi connectivity index (χ1n) is 6.47. The molecule has 0 saturated carbocycles. The molecule has 1 aromatic carbocycles. The normalized spacial score (nSPS) is 11.0. The molecule has 4 heteroatoms. The SMILES string of the molecule is CCNCc1ccncc1-n1ncc2ccccc21. The molecule has 0 aliphatic carbocycles. The van der Waals surface area contributed by atoms with Gasteiger partial charge < -0.3 is 5.32 Å². The average molecular weight is 252 g/mol. The molecule has 2 aromatic heterocycles. The van der Waals surface area contributed by atoms with Crippen molar-refractivity contribution in [1.29, 1.82) is 0 Å². The van der Waals surface area contributed by atoms with E-state index in [1.807, 2.05) is 41.5 Å². The first kappa shape index (κ1) is 11.9. The minimum Gasteiger partial charge on any atom is -0.313 e. The molecule has 0 atom stereocenters. The average Bonchev–Trinajstić information content (AvgIpc) is 2.89. The Bertz CT molecular complexity index is 687. The quantitative estimate of drug-likeness (QED) is 0.776. The maximum atomic E-state index is 4.48. The van der Waals surface area contributed by atoms with Crippen molar-refractivity contribution < 1.29 is 0 Å². The van der Waals surface area contributed by atoms with Crippen LogP contribution in [0.4, 0.5) is 0 Å². The monoisotopic (exact) mass is 252 g/mol. The largest absolute Gasteiger partial charge is 0.313 e. The number of nitrogens with zero attached hydrogens (tertiary/aromatic N) is 3. The van der Waals surface area contributed by atoms with E-state index in [2.05, 4.69) is 34.5 Å². The molecule has 0 saturated heterocycles. The molecule has 0 amide bonds. The summed E-state index contributed by atoms with van der Waals surface area (Å²) in [5, 5.41) is 8.97. The lowest BCUT2D eigenvalue weighted by molar-refractivity contribution is 0.717. The Morgan fingerprint density at radius 1 is 1.16 bits per heavy atom. The zero-order valence-corrected chi connectivity index (χ0v) is 10.9. The lowest BCUT2D eigenvalue weighted by Crippen LogP contribution is -2.14. The number of para-hydroxylation sites is 1. The summed E-state index contributed by atoms with van der Waals surface area (Å²) in [5.74, 6) is 0. The van der Waals surface area contributed by atoms with Gasteiger partial charge in [-0.25, -0.2) is 4.68 Å². The Morgan fingerprint density at radius 2 is 2.05 bits per heavy atom. The predicted molar refractivity (Wildman–Crippen MR) is 76.2 cm³/mol. The van der Waals surface area contributed by atoms with Gasteiger partial charge in [0.25, 0.3) is 0 Å². The standard InChI is InChI=1S/C15H16N4/c1-2-16-9-13-7-8-17-11-15(13)19-14-6-4-3-5-12(14)10-18-19/h3-8,10-11,16H,2,9H2,1H3. The molecule has 3 aromatic rings. The van der Waals surface area contributed by atoms with Gasteiger partial charge in [-0.15, -0.1) is 0 Å². The fraction of sp³-hybridized carbons (Fsp3) is 0.200. The van der Waals surface area contributed by atoms with Gasteiger partial charge in [-0.2, -0.15) is 5.10 Å². The van der Waals surface area contributed by atoms with E-state index in [9.17, 15) is 0 Å². The topological polar surface area (TPSA) is 42.7 Å². The van der Waals surface area contributed by atoms with E-state index in [0.717, 1.165) is 29.7 Å². The number of rotatable bonds is 4. The van der Waals surface area contributed by atoms with Crippen LogP contribution in [-0.4, -0.2) is 21.3 Å². The molecule has 2 heterocycles. The highest BCUT2D eigenvalue weighted by atomic mass is 15.3. The maximum absolute atomic E-state index is 4.48. The van der Waals surface area contributed by atoms with Crippen molar-refractivity contribution in [2.75, 3.05) is 6.54 Å². The van der Waals surface area contributed by atoms with Gasteiger partial charge in [0.2, 0.25) is 0 Å². The maximum Gasteiger partial charge on any atom is 0.0880 e. The van der Waals surface area contributed by atoms with Crippen LogP contribution in [0.1, 0.15) is 12.5 Å². The third-order valence-electron chi connectivity index (χ3n) is 3.16. The zero-order valence-electron chi connectivity index (χ0n) is 10.9. The predicted octanol–water partition coefficient (Wildman–Crippen LogP) is 2.53. The summed E-state index contributed by atoms with van der Waals surface area (Å²) in [6, 6.07) is 10.2. The summed E-state index contributed by atoms with van der Waals surface area (Å²) >= 11 is 0. The van der Waals surface area contributed by atoms with Gasteiger partial charge in [-0.3, -0.25) is 4.98 Å². The molecule has 0 spiro atoms. The Morgan fingerprint density at radius 3 is 2.95 bits per heavy atom. The van der Waals surface area contributed by atoms with Crippen LogP contribution in [0.5, 0.6) is 0 Å². The van der Waals surface area contributed by atoms with Gasteiger partial charge in [0.1, 0.15) is 0 Å². The fourth-order valence-corrected chi connectivity index (χ4v) is 2.18. The van der Waals surface area contributed by atoms with Crippen LogP contribution < -0.4 is 5.32 Å². The molecular weight excluding hydrogens is 236 g/mol. The summed E-state index contributed by atoms with van der Waals surface area (Å²) in [4.78, 5) is 4.23. The minimum atomic E-state index is 0.822. The van der Waals surface area contributed by atoms with Crippen molar-refractivity contribution in [3.05, 3.63) is 54.5 Å². The number of aromatic nitrogens is 3. The first-order chi connectivity index (χ1) is 9.40. The van der Waals surface area contributed by atoms with Crippen LogP contribution in [0.2, 0.25) is 0 Å². The fourth-order valence-electron chi connectivity index (χ4n) is 2.18. The second-order valence-electron chi connectivity index (χ2n) is 4.40. The summed E-state index contributed by atoms with van der Waals surface area (Å²) in [7, 11) is 0. The first-order valence-corrected chi connectivity index (χ1v) is 6.47. The van der Waals surface area contributed by atoms with Crippen molar-refractivity contribution in [2.45, 2.75) is 13.5 Å². The number of nitrogens with one attached hydrogen (secondary N) is 1. The molecule has 0 aliphatic heterocycles. The summed E-state index contributed by atoms with van der Waals surface area (Å²) in [6.45, 7) is 3.87. The van der Waals surface area contributed by atoms with Crippen molar-refractivity contribution in [3.8, 4) is 5.69 Å². The van der Waals surface area contributed by atoms with Crippen LogP contribution in [0.3, 0.4) is 0 Å². The molecule has 3 rings (SSSR count). The second kappa shape index (κ2) is 5.20. The number of fused-ring (bicyclic) bond motifs is 1. The van der Waals surface area contributed by atoms with Crippen molar-refractivity contribution >= 4 is 10.9 Å².